The van der Waals surface area contributed by atoms with E-state index < -0.39 is 5.24 Å². The van der Waals surface area contributed by atoms with E-state index in [0.29, 0.717) is 26.9 Å². The van der Waals surface area contributed by atoms with Crippen molar-refractivity contribution < 1.29 is 4.79 Å². The SMILES string of the molecule is Cc1snc(-c2ccc(Cl)cc2Cl)c1C(=O)Cl. The number of aromatic nitrogens is 1. The Morgan fingerprint density at radius 3 is 2.65 bits per heavy atom. The van der Waals surface area contributed by atoms with Gasteiger partial charge in [0.25, 0.3) is 5.24 Å². The number of benzene rings is 1. The van der Waals surface area contributed by atoms with Gasteiger partial charge in [-0.2, -0.15) is 4.37 Å². The summed E-state index contributed by atoms with van der Waals surface area (Å²) in [6, 6.07) is 5.03. The van der Waals surface area contributed by atoms with Crippen LogP contribution in [-0.4, -0.2) is 9.62 Å². The van der Waals surface area contributed by atoms with Crippen LogP contribution < -0.4 is 0 Å². The molecule has 0 saturated carbocycles. The maximum Gasteiger partial charge on any atom is 0.255 e. The highest BCUT2D eigenvalue weighted by atomic mass is 35.5. The third-order valence-electron chi connectivity index (χ3n) is 2.25. The second kappa shape index (κ2) is 4.94. The van der Waals surface area contributed by atoms with Crippen LogP contribution in [0.4, 0.5) is 0 Å². The number of hydrogen-bond acceptors (Lipinski definition) is 3. The number of carbonyl (C=O) groups is 1. The lowest BCUT2D eigenvalue weighted by Gasteiger charge is -2.03. The first-order valence-corrected chi connectivity index (χ1v) is 6.53. The average Bonchev–Trinajstić information content (AvgIpc) is 2.60. The number of rotatable bonds is 2. The van der Waals surface area contributed by atoms with Gasteiger partial charge in [0.05, 0.1) is 16.3 Å². The van der Waals surface area contributed by atoms with E-state index in [4.69, 9.17) is 34.8 Å². The van der Waals surface area contributed by atoms with Crippen molar-refractivity contribution in [2.24, 2.45) is 0 Å². The Labute approximate surface area is 117 Å². The molecule has 0 amide bonds. The van der Waals surface area contributed by atoms with Crippen molar-refractivity contribution in [1.82, 2.24) is 4.37 Å². The van der Waals surface area contributed by atoms with Gasteiger partial charge in [0, 0.05) is 15.5 Å². The molecule has 0 spiro atoms. The van der Waals surface area contributed by atoms with E-state index in [9.17, 15) is 4.79 Å². The Balaban J connectivity index is 2.65. The molecule has 0 atom stereocenters. The number of aryl methyl sites for hydroxylation is 1. The van der Waals surface area contributed by atoms with Crippen molar-refractivity contribution in [2.75, 3.05) is 0 Å². The molecule has 1 aromatic heterocycles. The van der Waals surface area contributed by atoms with Gasteiger partial charge in [0.15, 0.2) is 0 Å². The molecular formula is C11H6Cl3NOS. The predicted molar refractivity (Wildman–Crippen MR) is 72.5 cm³/mol. The highest BCUT2D eigenvalue weighted by Crippen LogP contribution is 2.34. The van der Waals surface area contributed by atoms with E-state index in [1.54, 1.807) is 25.1 Å². The molecule has 1 heterocycles. The van der Waals surface area contributed by atoms with Gasteiger partial charge in [0.1, 0.15) is 0 Å². The van der Waals surface area contributed by atoms with Crippen LogP contribution in [0.3, 0.4) is 0 Å². The zero-order chi connectivity index (χ0) is 12.6. The summed E-state index contributed by atoms with van der Waals surface area (Å²) in [6.07, 6.45) is 0. The molecule has 2 rings (SSSR count). The van der Waals surface area contributed by atoms with Crippen LogP contribution in [-0.2, 0) is 0 Å². The lowest BCUT2D eigenvalue weighted by atomic mass is 10.1. The third kappa shape index (κ3) is 2.47. The first-order chi connectivity index (χ1) is 8.00. The molecule has 2 aromatic rings. The fraction of sp³-hybridized carbons (Fsp3) is 0.0909. The van der Waals surface area contributed by atoms with Crippen LogP contribution >= 0.6 is 46.3 Å². The average molecular weight is 307 g/mol. The van der Waals surface area contributed by atoms with Crippen LogP contribution in [0.1, 0.15) is 15.2 Å². The number of halogens is 3. The molecule has 0 N–H and O–H groups in total. The fourth-order valence-corrected chi connectivity index (χ4v) is 2.95. The highest BCUT2D eigenvalue weighted by molar-refractivity contribution is 7.06. The van der Waals surface area contributed by atoms with Crippen molar-refractivity contribution in [3.63, 3.8) is 0 Å². The summed E-state index contributed by atoms with van der Waals surface area (Å²) in [5.41, 5.74) is 1.57. The minimum Gasteiger partial charge on any atom is -0.275 e. The zero-order valence-electron chi connectivity index (χ0n) is 8.63. The van der Waals surface area contributed by atoms with Crippen molar-refractivity contribution >= 4 is 51.6 Å². The summed E-state index contributed by atoms with van der Waals surface area (Å²) in [5, 5.41) is 0.448. The summed E-state index contributed by atoms with van der Waals surface area (Å²) >= 11 is 18.7. The molecule has 0 aliphatic heterocycles. The van der Waals surface area contributed by atoms with Crippen molar-refractivity contribution in [2.45, 2.75) is 6.92 Å². The maximum absolute atomic E-state index is 11.4. The Bertz CT molecular complexity index is 594. The Morgan fingerprint density at radius 1 is 1.35 bits per heavy atom. The van der Waals surface area contributed by atoms with Gasteiger partial charge in [-0.3, -0.25) is 4.79 Å². The first-order valence-electron chi connectivity index (χ1n) is 4.62. The third-order valence-corrected chi connectivity index (χ3v) is 3.73. The molecule has 1 aromatic carbocycles. The van der Waals surface area contributed by atoms with E-state index in [0.717, 1.165) is 4.88 Å². The van der Waals surface area contributed by atoms with E-state index in [1.165, 1.54) is 11.5 Å². The molecule has 0 bridgehead atoms. The summed E-state index contributed by atoms with van der Waals surface area (Å²) in [4.78, 5) is 12.1. The standard InChI is InChI=1S/C11H6Cl3NOS/c1-5-9(11(14)16)10(15-17-5)7-3-2-6(12)4-8(7)13/h2-4H,1H3. The summed E-state index contributed by atoms with van der Waals surface area (Å²) in [6.45, 7) is 1.79. The van der Waals surface area contributed by atoms with Gasteiger partial charge in [-0.15, -0.1) is 0 Å². The molecule has 0 radical (unpaired) electrons. The molecule has 0 aliphatic rings. The van der Waals surface area contributed by atoms with Crippen LogP contribution in [0, 0.1) is 6.92 Å². The minimum atomic E-state index is -0.530. The fourth-order valence-electron chi connectivity index (χ4n) is 1.47. The van der Waals surface area contributed by atoms with Gasteiger partial charge in [0.2, 0.25) is 0 Å². The molecule has 6 heteroatoms. The van der Waals surface area contributed by atoms with Crippen molar-refractivity contribution in [3.05, 3.63) is 38.7 Å². The van der Waals surface area contributed by atoms with Gasteiger partial charge >= 0.3 is 0 Å². The van der Waals surface area contributed by atoms with Gasteiger partial charge in [-0.25, -0.2) is 0 Å². The van der Waals surface area contributed by atoms with Gasteiger partial charge < -0.3 is 0 Å². The number of nitrogens with zero attached hydrogens (tertiary/aromatic N) is 1. The van der Waals surface area contributed by atoms with Gasteiger partial charge in [-0.05, 0) is 48.3 Å². The predicted octanol–water partition coefficient (Wildman–Crippen LogP) is 4.80. The monoisotopic (exact) mass is 305 g/mol. The smallest absolute Gasteiger partial charge is 0.255 e. The van der Waals surface area contributed by atoms with Gasteiger partial charge in [-0.1, -0.05) is 23.2 Å². The second-order valence-electron chi connectivity index (χ2n) is 3.36. The van der Waals surface area contributed by atoms with E-state index in [-0.39, 0.29) is 0 Å². The number of hydrogen-bond donors (Lipinski definition) is 0. The van der Waals surface area contributed by atoms with Crippen LogP contribution in [0.25, 0.3) is 11.3 Å². The van der Waals surface area contributed by atoms with Crippen molar-refractivity contribution in [1.29, 1.82) is 0 Å². The van der Waals surface area contributed by atoms with Crippen molar-refractivity contribution in [3.8, 4) is 11.3 Å². The Morgan fingerprint density at radius 2 is 2.06 bits per heavy atom. The minimum absolute atomic E-state index is 0.404. The van der Waals surface area contributed by atoms with E-state index >= 15 is 0 Å². The molecule has 2 nitrogen and oxygen atoms in total. The lowest BCUT2D eigenvalue weighted by molar-refractivity contribution is 0.108. The molecular weight excluding hydrogens is 301 g/mol. The second-order valence-corrected chi connectivity index (χ2v) is 5.52. The molecule has 0 aliphatic carbocycles. The topological polar surface area (TPSA) is 30.0 Å². The zero-order valence-corrected chi connectivity index (χ0v) is 11.7. The largest absolute Gasteiger partial charge is 0.275 e. The number of carbonyl (C=O) groups excluding carboxylic acids is 1. The highest BCUT2D eigenvalue weighted by Gasteiger charge is 2.19. The molecule has 0 fully saturated rings. The summed E-state index contributed by atoms with van der Waals surface area (Å²) < 4.78 is 4.21. The Hall–Kier alpha value is -0.610. The summed E-state index contributed by atoms with van der Waals surface area (Å²) in [7, 11) is 0. The normalized spacial score (nSPS) is 10.6. The molecule has 0 unspecified atom stereocenters. The molecule has 17 heavy (non-hydrogen) atoms. The van der Waals surface area contributed by atoms with Crippen LogP contribution in [0.2, 0.25) is 10.0 Å². The van der Waals surface area contributed by atoms with E-state index in [1.807, 2.05) is 0 Å². The lowest BCUT2D eigenvalue weighted by Crippen LogP contribution is -1.93. The molecule has 88 valence electrons. The quantitative estimate of drug-likeness (QED) is 0.746. The maximum atomic E-state index is 11.4. The summed E-state index contributed by atoms with van der Waals surface area (Å²) in [5.74, 6) is 0. The van der Waals surface area contributed by atoms with Crippen LogP contribution in [0.15, 0.2) is 18.2 Å². The first kappa shape index (κ1) is 12.8. The van der Waals surface area contributed by atoms with Crippen LogP contribution in [0.5, 0.6) is 0 Å². The van der Waals surface area contributed by atoms with E-state index in [2.05, 4.69) is 4.37 Å². The molecule has 0 saturated heterocycles. The Kier molecular flexibility index (Phi) is 3.73.